The van der Waals surface area contributed by atoms with E-state index in [9.17, 15) is 19.2 Å². The number of hydrogen-bond donors (Lipinski definition) is 1. The van der Waals surface area contributed by atoms with E-state index in [0.29, 0.717) is 5.75 Å². The Kier molecular flexibility index (Phi) is 6.84. The first kappa shape index (κ1) is 22.6. The van der Waals surface area contributed by atoms with Crippen LogP contribution in [0.5, 0.6) is 5.75 Å². The molecule has 166 valence electrons. The van der Waals surface area contributed by atoms with E-state index >= 15 is 0 Å². The van der Waals surface area contributed by atoms with E-state index in [2.05, 4.69) is 10.3 Å². The number of para-hydroxylation sites is 1. The number of fused-ring (bicyclic) bond motifs is 1. The maximum absolute atomic E-state index is 12.5. The molecule has 0 radical (unpaired) electrons. The Hall–Kier alpha value is -3.08. The summed E-state index contributed by atoms with van der Waals surface area (Å²) in [6.45, 7) is 4.19. The predicted molar refractivity (Wildman–Crippen MR) is 111 cm³/mol. The third-order valence-corrected chi connectivity index (χ3v) is 5.44. The van der Waals surface area contributed by atoms with Gasteiger partial charge in [0, 0.05) is 0 Å². The number of benzene rings is 1. The molecular formula is C20H23N3O7S. The molecule has 31 heavy (non-hydrogen) atoms. The molecule has 2 atom stereocenters. The smallest absolute Gasteiger partial charge is 0.377 e. The Bertz CT molecular complexity index is 898. The van der Waals surface area contributed by atoms with Crippen molar-refractivity contribution in [1.82, 2.24) is 10.2 Å². The summed E-state index contributed by atoms with van der Waals surface area (Å²) in [5.74, 6) is -1.76. The van der Waals surface area contributed by atoms with Crippen molar-refractivity contribution in [2.75, 3.05) is 19.3 Å². The molecule has 2 unspecified atom stereocenters. The number of nitrogens with one attached hydrogen (secondary N) is 1. The maximum atomic E-state index is 12.5. The molecule has 1 fully saturated rings. The molecule has 3 rings (SSSR count). The lowest BCUT2D eigenvalue weighted by molar-refractivity contribution is -0.170. The van der Waals surface area contributed by atoms with Crippen molar-refractivity contribution in [3.63, 3.8) is 0 Å². The van der Waals surface area contributed by atoms with Gasteiger partial charge in [-0.25, -0.2) is 4.79 Å². The van der Waals surface area contributed by atoms with Crippen LogP contribution >= 0.6 is 11.8 Å². The summed E-state index contributed by atoms with van der Waals surface area (Å²) in [6, 6.07) is 8.02. The van der Waals surface area contributed by atoms with Crippen LogP contribution in [0.4, 0.5) is 0 Å². The lowest BCUT2D eigenvalue weighted by atomic mass is 9.98. The van der Waals surface area contributed by atoms with Crippen molar-refractivity contribution < 1.29 is 33.4 Å². The molecule has 10 nitrogen and oxygen atoms in total. The van der Waals surface area contributed by atoms with Crippen LogP contribution in [0.25, 0.3) is 0 Å². The number of β-lactam (4-membered cyclic amide) rings is 1. The average Bonchev–Trinajstić information content (AvgIpc) is 2.75. The quantitative estimate of drug-likeness (QED) is 0.370. The second-order valence-electron chi connectivity index (χ2n) is 7.75. The lowest BCUT2D eigenvalue weighted by Crippen LogP contribution is -2.73. The first-order valence-corrected chi connectivity index (χ1v) is 10.5. The van der Waals surface area contributed by atoms with Crippen molar-refractivity contribution in [1.29, 1.82) is 0 Å². The van der Waals surface area contributed by atoms with E-state index in [4.69, 9.17) is 14.2 Å². The van der Waals surface area contributed by atoms with Crippen molar-refractivity contribution in [3.8, 4) is 5.75 Å². The number of amidine groups is 1. The molecule has 2 aliphatic heterocycles. The van der Waals surface area contributed by atoms with Crippen molar-refractivity contribution in [2.24, 2.45) is 10.4 Å². The highest BCUT2D eigenvalue weighted by Gasteiger charge is 2.54. The number of carbonyl (C=O) groups excluding carboxylic acids is 4. The zero-order valence-electron chi connectivity index (χ0n) is 17.3. The zero-order chi connectivity index (χ0) is 22.6. The van der Waals surface area contributed by atoms with Crippen LogP contribution in [-0.4, -0.2) is 65.2 Å². The van der Waals surface area contributed by atoms with Gasteiger partial charge in [-0.15, -0.1) is 11.8 Å². The molecule has 0 spiro atoms. The van der Waals surface area contributed by atoms with Crippen LogP contribution in [-0.2, 0) is 28.7 Å². The number of nitrogens with zero attached hydrogens (tertiary/aromatic N) is 2. The van der Waals surface area contributed by atoms with E-state index in [1.807, 2.05) is 6.07 Å². The number of rotatable bonds is 7. The van der Waals surface area contributed by atoms with E-state index < -0.39 is 47.4 Å². The van der Waals surface area contributed by atoms with Crippen LogP contribution in [0.2, 0.25) is 0 Å². The van der Waals surface area contributed by atoms with E-state index in [-0.39, 0.29) is 18.3 Å². The highest BCUT2D eigenvalue weighted by molar-refractivity contribution is 8.00. The van der Waals surface area contributed by atoms with Crippen LogP contribution in [0.1, 0.15) is 20.8 Å². The maximum Gasteiger partial charge on any atom is 0.377 e. The van der Waals surface area contributed by atoms with E-state index in [0.717, 1.165) is 0 Å². The van der Waals surface area contributed by atoms with Crippen molar-refractivity contribution in [2.45, 2.75) is 32.2 Å². The first-order valence-electron chi connectivity index (χ1n) is 9.49. The summed E-state index contributed by atoms with van der Waals surface area (Å²) in [5, 5.41) is 2.14. The second-order valence-corrected chi connectivity index (χ2v) is 8.83. The minimum absolute atomic E-state index is 0.174. The normalized spacial score (nSPS) is 20.0. The third kappa shape index (κ3) is 5.35. The summed E-state index contributed by atoms with van der Waals surface area (Å²) >= 11 is 1.30. The van der Waals surface area contributed by atoms with Gasteiger partial charge in [-0.3, -0.25) is 24.3 Å². The topological polar surface area (TPSA) is 124 Å². The molecule has 2 heterocycles. The van der Waals surface area contributed by atoms with Crippen LogP contribution in [0.15, 0.2) is 35.3 Å². The number of carbonyl (C=O) groups is 4. The standard InChI is InChI=1S/C20H23N3O7S/c1-20(2,3)19(27)30-11-29-18(26)15-21-10-31-17-14(16(25)23(15)17)22-13(24)9-28-12-7-5-4-6-8-12/h4-8,14,17H,9-11H2,1-3H3,(H,22,24). The van der Waals surface area contributed by atoms with Gasteiger partial charge in [-0.05, 0) is 32.9 Å². The Labute approximate surface area is 183 Å². The highest BCUT2D eigenvalue weighted by Crippen LogP contribution is 2.34. The van der Waals surface area contributed by atoms with Gasteiger partial charge in [0.25, 0.3) is 11.8 Å². The lowest BCUT2D eigenvalue weighted by Gasteiger charge is -2.47. The fraction of sp³-hybridized carbons (Fsp3) is 0.450. The largest absolute Gasteiger partial charge is 0.484 e. The van der Waals surface area contributed by atoms with Gasteiger partial charge in [0.05, 0.1) is 11.3 Å². The molecule has 1 aromatic carbocycles. The SMILES string of the molecule is CC(C)(C)C(=O)OCOC(=O)C1=NCSC2C(NC(=O)COc3ccccc3)C(=O)N12. The first-order chi connectivity index (χ1) is 14.7. The molecule has 11 heteroatoms. The Balaban J connectivity index is 1.49. The van der Waals surface area contributed by atoms with E-state index in [1.165, 1.54) is 16.7 Å². The Morgan fingerprint density at radius 1 is 1.19 bits per heavy atom. The van der Waals surface area contributed by atoms with Gasteiger partial charge >= 0.3 is 11.9 Å². The number of aliphatic imine (C=N–C) groups is 1. The van der Waals surface area contributed by atoms with Gasteiger partial charge < -0.3 is 19.5 Å². The van der Waals surface area contributed by atoms with Gasteiger partial charge in [0.15, 0.2) is 6.61 Å². The summed E-state index contributed by atoms with van der Waals surface area (Å²) in [4.78, 5) is 53.9. The van der Waals surface area contributed by atoms with Crippen LogP contribution in [0.3, 0.4) is 0 Å². The van der Waals surface area contributed by atoms with Gasteiger partial charge in [0.2, 0.25) is 12.6 Å². The Morgan fingerprint density at radius 3 is 2.58 bits per heavy atom. The molecule has 0 aromatic heterocycles. The molecule has 0 aliphatic carbocycles. The minimum Gasteiger partial charge on any atom is -0.484 e. The molecule has 0 saturated carbocycles. The molecule has 1 N–H and O–H groups in total. The minimum atomic E-state index is -0.877. The van der Waals surface area contributed by atoms with Crippen molar-refractivity contribution in [3.05, 3.63) is 30.3 Å². The summed E-state index contributed by atoms with van der Waals surface area (Å²) in [5.41, 5.74) is -0.737. The molecule has 1 aromatic rings. The number of thioether (sulfide) groups is 1. The zero-order valence-corrected chi connectivity index (χ0v) is 18.1. The average molecular weight is 449 g/mol. The Morgan fingerprint density at radius 2 is 1.90 bits per heavy atom. The fourth-order valence-corrected chi connectivity index (χ4v) is 3.78. The number of amides is 2. The van der Waals surface area contributed by atoms with Crippen molar-refractivity contribution >= 4 is 41.4 Å². The number of esters is 2. The van der Waals surface area contributed by atoms with Crippen LogP contribution in [0, 0.1) is 5.41 Å². The number of hydrogen-bond acceptors (Lipinski definition) is 9. The third-order valence-electron chi connectivity index (χ3n) is 4.34. The summed E-state index contributed by atoms with van der Waals surface area (Å²) in [7, 11) is 0. The molecular weight excluding hydrogens is 426 g/mol. The number of ether oxygens (including phenoxy) is 3. The molecule has 0 bridgehead atoms. The molecule has 2 amide bonds. The van der Waals surface area contributed by atoms with Crippen LogP contribution < -0.4 is 10.1 Å². The fourth-order valence-electron chi connectivity index (χ4n) is 2.70. The van der Waals surface area contributed by atoms with E-state index in [1.54, 1.807) is 45.0 Å². The summed E-state index contributed by atoms with van der Waals surface area (Å²) < 4.78 is 15.2. The van der Waals surface area contributed by atoms with Gasteiger partial charge in [-0.1, -0.05) is 18.2 Å². The van der Waals surface area contributed by atoms with Gasteiger partial charge in [0.1, 0.15) is 17.2 Å². The molecule has 1 saturated heterocycles. The highest BCUT2D eigenvalue weighted by atomic mass is 32.2. The second kappa shape index (κ2) is 9.38. The summed E-state index contributed by atoms with van der Waals surface area (Å²) in [6.07, 6.45) is 0. The monoisotopic (exact) mass is 449 g/mol. The van der Waals surface area contributed by atoms with Gasteiger partial charge in [-0.2, -0.15) is 0 Å². The molecule has 2 aliphatic rings. The predicted octanol–water partition coefficient (Wildman–Crippen LogP) is 0.911.